The number of pyridine rings is 2. The fraction of sp³-hybridized carbons (Fsp3) is 0.321. The monoisotopic (exact) mass is 481 g/mol. The van der Waals surface area contributed by atoms with Crippen molar-refractivity contribution in [3.63, 3.8) is 0 Å². The van der Waals surface area contributed by atoms with Crippen LogP contribution in [0.5, 0.6) is 17.4 Å². The van der Waals surface area contributed by atoms with Crippen molar-refractivity contribution in [1.82, 2.24) is 19.3 Å². The summed E-state index contributed by atoms with van der Waals surface area (Å²) in [6, 6.07) is 13.8. The molecule has 0 radical (unpaired) electrons. The van der Waals surface area contributed by atoms with Gasteiger partial charge in [-0.3, -0.25) is 4.40 Å². The molecule has 3 aromatic heterocycles. The van der Waals surface area contributed by atoms with Gasteiger partial charge in [-0.2, -0.15) is 5.26 Å². The lowest BCUT2D eigenvalue weighted by atomic mass is 9.98. The Labute approximate surface area is 209 Å². The predicted molar refractivity (Wildman–Crippen MR) is 135 cm³/mol. The van der Waals surface area contributed by atoms with E-state index in [1.165, 1.54) is 12.8 Å². The molecule has 5 heterocycles. The number of ether oxygens (including phenoxy) is 3. The minimum absolute atomic E-state index is 0.490. The van der Waals surface area contributed by atoms with E-state index in [0.29, 0.717) is 42.9 Å². The van der Waals surface area contributed by atoms with Gasteiger partial charge in [-0.1, -0.05) is 12.1 Å². The second-order valence-corrected chi connectivity index (χ2v) is 9.41. The Morgan fingerprint density at radius 1 is 1.11 bits per heavy atom. The Kier molecular flexibility index (Phi) is 5.91. The summed E-state index contributed by atoms with van der Waals surface area (Å²) in [7, 11) is 2.17. The normalized spacial score (nSPS) is 17.6. The average molecular weight is 482 g/mol. The second kappa shape index (κ2) is 9.51. The van der Waals surface area contributed by atoms with Crippen molar-refractivity contribution < 1.29 is 14.2 Å². The minimum Gasteiger partial charge on any atom is -0.491 e. The van der Waals surface area contributed by atoms with Gasteiger partial charge in [-0.05, 0) is 56.3 Å². The zero-order chi connectivity index (χ0) is 24.5. The molecule has 1 aromatic carbocycles. The van der Waals surface area contributed by atoms with E-state index in [-0.39, 0.29) is 0 Å². The van der Waals surface area contributed by atoms with Gasteiger partial charge in [0.25, 0.3) is 5.88 Å². The van der Waals surface area contributed by atoms with Gasteiger partial charge in [-0.15, -0.1) is 0 Å². The van der Waals surface area contributed by atoms with Crippen LogP contribution in [-0.4, -0.2) is 59.2 Å². The van der Waals surface area contributed by atoms with Gasteiger partial charge in [0.2, 0.25) is 0 Å². The van der Waals surface area contributed by atoms with Gasteiger partial charge in [-0.25, -0.2) is 9.97 Å². The summed E-state index contributed by atoms with van der Waals surface area (Å²) in [6.07, 6.45) is 7.80. The molecule has 0 aliphatic carbocycles. The van der Waals surface area contributed by atoms with E-state index in [4.69, 9.17) is 14.2 Å². The number of fused-ring (bicyclic) bond motifs is 2. The Bertz CT molecular complexity index is 1440. The molecule has 1 atom stereocenters. The molecule has 182 valence electrons. The van der Waals surface area contributed by atoms with Crippen LogP contribution in [0.15, 0.2) is 55.1 Å². The quantitative estimate of drug-likeness (QED) is 0.417. The summed E-state index contributed by atoms with van der Waals surface area (Å²) in [5.74, 6) is 2.41. The lowest BCUT2D eigenvalue weighted by molar-refractivity contribution is 0.151. The van der Waals surface area contributed by atoms with Crippen molar-refractivity contribution in [1.29, 1.82) is 5.26 Å². The summed E-state index contributed by atoms with van der Waals surface area (Å²) >= 11 is 0. The molecule has 2 aliphatic heterocycles. The SMILES string of the molecule is CN1CCCC(COc2cc(-c3ccc(C#N)cc3)c(-c3cnc4c(c3)OCCO4)n3cncc23)C1. The van der Waals surface area contributed by atoms with Crippen molar-refractivity contribution in [3.8, 4) is 45.8 Å². The molecule has 0 bridgehead atoms. The van der Waals surface area contributed by atoms with E-state index in [0.717, 1.165) is 46.7 Å². The van der Waals surface area contributed by atoms with Gasteiger partial charge >= 0.3 is 0 Å². The van der Waals surface area contributed by atoms with Crippen molar-refractivity contribution in [2.45, 2.75) is 12.8 Å². The van der Waals surface area contributed by atoms with E-state index in [9.17, 15) is 5.26 Å². The molecule has 0 spiro atoms. The number of likely N-dealkylation sites (tertiary alicyclic amines) is 1. The molecule has 8 nitrogen and oxygen atoms in total. The topological polar surface area (TPSA) is 84.9 Å². The summed E-state index contributed by atoms with van der Waals surface area (Å²) in [4.78, 5) is 11.3. The highest BCUT2D eigenvalue weighted by atomic mass is 16.6. The summed E-state index contributed by atoms with van der Waals surface area (Å²) in [5.41, 5.74) is 5.23. The maximum absolute atomic E-state index is 9.29. The lowest BCUT2D eigenvalue weighted by Gasteiger charge is -2.29. The van der Waals surface area contributed by atoms with Crippen LogP contribution >= 0.6 is 0 Å². The Morgan fingerprint density at radius 2 is 1.97 bits per heavy atom. The van der Waals surface area contributed by atoms with Gasteiger partial charge < -0.3 is 19.1 Å². The number of hydrogen-bond acceptors (Lipinski definition) is 7. The highest BCUT2D eigenvalue weighted by Gasteiger charge is 2.22. The third kappa shape index (κ3) is 4.23. The number of rotatable bonds is 5. The maximum Gasteiger partial charge on any atom is 0.257 e. The molecule has 1 unspecified atom stereocenters. The number of benzene rings is 1. The molecule has 36 heavy (non-hydrogen) atoms. The van der Waals surface area contributed by atoms with Gasteiger partial charge in [0.1, 0.15) is 24.5 Å². The number of piperidine rings is 1. The van der Waals surface area contributed by atoms with E-state index in [1.54, 1.807) is 12.5 Å². The van der Waals surface area contributed by atoms with Crippen LogP contribution in [0, 0.1) is 17.2 Å². The molecule has 1 saturated heterocycles. The first-order valence-electron chi connectivity index (χ1n) is 12.3. The third-order valence-corrected chi connectivity index (χ3v) is 6.86. The molecule has 0 saturated carbocycles. The molecule has 2 aliphatic rings. The summed E-state index contributed by atoms with van der Waals surface area (Å²) in [6.45, 7) is 3.82. The molecule has 8 heteroatoms. The first-order chi connectivity index (χ1) is 17.7. The number of nitrogens with zero attached hydrogens (tertiary/aromatic N) is 5. The van der Waals surface area contributed by atoms with Crippen molar-refractivity contribution in [2.24, 2.45) is 5.92 Å². The predicted octanol–water partition coefficient (Wildman–Crippen LogP) is 4.43. The number of aromatic nitrogens is 3. The molecule has 1 fully saturated rings. The highest BCUT2D eigenvalue weighted by molar-refractivity contribution is 5.86. The number of nitriles is 1. The van der Waals surface area contributed by atoms with Gasteiger partial charge in [0.05, 0.1) is 36.5 Å². The first-order valence-corrected chi connectivity index (χ1v) is 12.3. The molecule has 6 rings (SSSR count). The zero-order valence-corrected chi connectivity index (χ0v) is 20.2. The Balaban J connectivity index is 1.47. The van der Waals surface area contributed by atoms with Crippen LogP contribution in [0.1, 0.15) is 18.4 Å². The van der Waals surface area contributed by atoms with E-state index >= 15 is 0 Å². The van der Waals surface area contributed by atoms with Crippen molar-refractivity contribution in [2.75, 3.05) is 40.0 Å². The van der Waals surface area contributed by atoms with Crippen LogP contribution in [0.2, 0.25) is 0 Å². The fourth-order valence-corrected chi connectivity index (χ4v) is 5.09. The highest BCUT2D eigenvalue weighted by Crippen LogP contribution is 2.40. The first kappa shape index (κ1) is 22.4. The largest absolute Gasteiger partial charge is 0.491 e. The van der Waals surface area contributed by atoms with E-state index < -0.39 is 0 Å². The molecule has 0 N–H and O–H groups in total. The van der Waals surface area contributed by atoms with E-state index in [2.05, 4.69) is 34.1 Å². The number of imidazole rings is 1. The number of hydrogen-bond donors (Lipinski definition) is 0. The standard InChI is InChI=1S/C28H27N5O3/c1-32-8-2-3-20(16-32)17-36-25-12-23(21-6-4-19(13-29)5-7-21)27(33-18-30-15-24(25)33)22-11-26-28(31-14-22)35-10-9-34-26/h4-7,11-12,14-15,18,20H,2-3,8-10,16-17H2,1H3. The van der Waals surface area contributed by atoms with Gasteiger partial charge in [0.15, 0.2) is 5.75 Å². The molecular formula is C28H27N5O3. The minimum atomic E-state index is 0.490. The Hall–Kier alpha value is -4.09. The summed E-state index contributed by atoms with van der Waals surface area (Å²) < 4.78 is 19.9. The molecular weight excluding hydrogens is 454 g/mol. The third-order valence-electron chi connectivity index (χ3n) is 6.86. The second-order valence-electron chi connectivity index (χ2n) is 9.41. The van der Waals surface area contributed by atoms with Crippen LogP contribution in [0.25, 0.3) is 27.9 Å². The fourth-order valence-electron chi connectivity index (χ4n) is 5.09. The van der Waals surface area contributed by atoms with Gasteiger partial charge in [0, 0.05) is 29.8 Å². The maximum atomic E-state index is 9.29. The molecule has 4 aromatic rings. The zero-order valence-electron chi connectivity index (χ0n) is 20.2. The van der Waals surface area contributed by atoms with Crippen LogP contribution in [-0.2, 0) is 0 Å². The lowest BCUT2D eigenvalue weighted by Crippen LogP contribution is -2.34. The van der Waals surface area contributed by atoms with Crippen LogP contribution in [0.3, 0.4) is 0 Å². The van der Waals surface area contributed by atoms with Crippen LogP contribution < -0.4 is 14.2 Å². The van der Waals surface area contributed by atoms with Crippen molar-refractivity contribution in [3.05, 3.63) is 60.7 Å². The molecule has 0 amide bonds. The van der Waals surface area contributed by atoms with E-state index in [1.807, 2.05) is 40.9 Å². The Morgan fingerprint density at radius 3 is 2.81 bits per heavy atom. The summed E-state index contributed by atoms with van der Waals surface area (Å²) in [5, 5.41) is 9.29. The van der Waals surface area contributed by atoms with Crippen molar-refractivity contribution >= 4 is 5.52 Å². The smallest absolute Gasteiger partial charge is 0.257 e. The van der Waals surface area contributed by atoms with Crippen LogP contribution in [0.4, 0.5) is 0 Å². The average Bonchev–Trinajstić information content (AvgIpc) is 3.41.